The number of thiazole rings is 1. The first-order valence-corrected chi connectivity index (χ1v) is 13.9. The van der Waals surface area contributed by atoms with Crippen LogP contribution in [0.3, 0.4) is 0 Å². The summed E-state index contributed by atoms with van der Waals surface area (Å²) in [5.41, 5.74) is 18.5. The van der Waals surface area contributed by atoms with Crippen molar-refractivity contribution in [2.45, 2.75) is 23.6 Å². The Balaban J connectivity index is 1.53. The molecule has 4 rings (SSSR count). The van der Waals surface area contributed by atoms with Crippen LogP contribution in [0.1, 0.15) is 12.1 Å². The second-order valence-electron chi connectivity index (χ2n) is 7.86. The van der Waals surface area contributed by atoms with E-state index >= 15 is 0 Å². The van der Waals surface area contributed by atoms with Crippen molar-refractivity contribution < 1.29 is 28.9 Å². The number of hydrogen-bond donors (Lipinski definition) is 5. The third kappa shape index (κ3) is 5.84. The fourth-order valence-corrected chi connectivity index (χ4v) is 6.52. The van der Waals surface area contributed by atoms with E-state index in [2.05, 4.69) is 27.0 Å². The molecule has 38 heavy (non-hydrogen) atoms. The molecule has 2 aromatic rings. The molecule has 2 aromatic heterocycles. The first-order valence-electron chi connectivity index (χ1n) is 11.0. The van der Waals surface area contributed by atoms with Crippen LogP contribution in [-0.2, 0) is 25.9 Å². The predicted octanol–water partition coefficient (Wildman–Crippen LogP) is -0.0112. The fourth-order valence-electron chi connectivity index (χ4n) is 3.54. The molecule has 17 heteroatoms. The number of carbonyl (C=O) groups excluding carboxylic acids is 2. The first-order chi connectivity index (χ1) is 18.2. The van der Waals surface area contributed by atoms with E-state index in [-0.39, 0.29) is 64.2 Å². The molecule has 1 fully saturated rings. The number of β-lactam (4-membered cyclic amide) rings is 1. The summed E-state index contributed by atoms with van der Waals surface area (Å²) in [6.45, 7) is 3.50. The van der Waals surface area contributed by atoms with Gasteiger partial charge in [-0.1, -0.05) is 22.8 Å². The summed E-state index contributed by atoms with van der Waals surface area (Å²) in [7, 11) is 0. The molecule has 0 spiro atoms. The molecule has 0 aliphatic carbocycles. The quantitative estimate of drug-likeness (QED) is 0.0348. The fraction of sp³-hybridized carbons (Fsp3) is 0.286. The summed E-state index contributed by atoms with van der Waals surface area (Å²) in [5.74, 6) is -0.957. The molecule has 2 amide bonds. The highest BCUT2D eigenvalue weighted by molar-refractivity contribution is 8.00. The van der Waals surface area contributed by atoms with Crippen LogP contribution in [0.15, 0.2) is 45.7 Å². The minimum atomic E-state index is -1.16. The van der Waals surface area contributed by atoms with Gasteiger partial charge in [-0.15, -0.1) is 23.1 Å². The highest BCUT2D eigenvalue weighted by Gasteiger charge is 2.45. The highest BCUT2D eigenvalue weighted by atomic mass is 32.2. The van der Waals surface area contributed by atoms with E-state index in [0.717, 1.165) is 11.3 Å². The Bertz CT molecular complexity index is 1360. The first kappa shape index (κ1) is 27.2. The van der Waals surface area contributed by atoms with Gasteiger partial charge in [-0.05, 0) is 17.3 Å². The lowest BCUT2D eigenvalue weighted by Gasteiger charge is -2.43. The summed E-state index contributed by atoms with van der Waals surface area (Å²) < 4.78 is 1.51. The number of hydrogen-bond acceptors (Lipinski definition) is 13. The Morgan fingerprint density at radius 2 is 2.18 bits per heavy atom. The summed E-state index contributed by atoms with van der Waals surface area (Å²) in [4.78, 5) is 51.8. The second-order valence-corrected chi connectivity index (χ2v) is 10.9. The Kier molecular flexibility index (Phi) is 8.38. The van der Waals surface area contributed by atoms with Crippen LogP contribution < -0.4 is 27.1 Å². The number of rotatable bonds is 11. The molecule has 8 N–H and O–H groups in total. The number of aliphatic carboxylic acids is 1. The van der Waals surface area contributed by atoms with Gasteiger partial charge in [-0.25, -0.2) is 14.3 Å². The topological polar surface area (TPSA) is 216 Å². The van der Waals surface area contributed by atoms with Gasteiger partial charge in [0, 0.05) is 16.9 Å². The number of carboxylic acid groups (broad SMARTS) is 1. The lowest BCUT2D eigenvalue weighted by molar-refractivity contribution is -0.725. The van der Waals surface area contributed by atoms with E-state index in [9.17, 15) is 19.5 Å². The van der Waals surface area contributed by atoms with Gasteiger partial charge in [-0.3, -0.25) is 14.5 Å². The van der Waals surface area contributed by atoms with Crippen LogP contribution in [0.5, 0.6) is 0 Å². The van der Waals surface area contributed by atoms with Gasteiger partial charge in [0.25, 0.3) is 5.91 Å². The monoisotopic (exact) mass is 578 g/mol. The number of anilines is 3. The van der Waals surface area contributed by atoms with Crippen molar-refractivity contribution in [2.24, 2.45) is 5.16 Å². The van der Waals surface area contributed by atoms with Gasteiger partial charge < -0.3 is 32.5 Å². The minimum Gasteiger partial charge on any atom is -0.477 e. The Morgan fingerprint density at radius 3 is 2.84 bits per heavy atom. The normalized spacial score (nSPS) is 17.1. The number of carboxylic acids is 1. The summed E-state index contributed by atoms with van der Waals surface area (Å²) in [6, 6.07) is 1.43. The molecule has 2 aliphatic heterocycles. The van der Waals surface area contributed by atoms with Crippen molar-refractivity contribution in [3.63, 3.8) is 0 Å². The number of amides is 2. The summed E-state index contributed by atoms with van der Waals surface area (Å²) >= 11 is 3.83. The summed E-state index contributed by atoms with van der Waals surface area (Å²) in [5, 5.41) is 18.3. The van der Waals surface area contributed by atoms with Crippen LogP contribution in [0, 0.1) is 0 Å². The van der Waals surface area contributed by atoms with Gasteiger partial charge in [0.15, 0.2) is 10.8 Å². The molecule has 0 radical (unpaired) electrons. The van der Waals surface area contributed by atoms with Crippen molar-refractivity contribution >= 4 is 75.1 Å². The molecule has 0 aromatic carbocycles. The molecule has 0 saturated carbocycles. The van der Waals surface area contributed by atoms with Crippen LogP contribution in [0.4, 0.5) is 16.8 Å². The van der Waals surface area contributed by atoms with Crippen molar-refractivity contribution in [1.82, 2.24) is 20.2 Å². The van der Waals surface area contributed by atoms with Crippen LogP contribution in [-0.4, -0.2) is 67.0 Å². The summed E-state index contributed by atoms with van der Waals surface area (Å²) in [6.07, 6.45) is 1.80. The zero-order chi connectivity index (χ0) is 27.4. The smallest absolute Gasteiger partial charge is 0.352 e. The number of oxime groups is 1. The molecule has 1 saturated heterocycles. The number of nitrogens with two attached hydrogens (primary N) is 3. The molecular formula is C21H24N9O5S3+. The number of nitrogens with one attached hydrogen (secondary N) is 1. The third-order valence-corrected chi connectivity index (χ3v) is 8.31. The maximum Gasteiger partial charge on any atom is 0.352 e. The van der Waals surface area contributed by atoms with Crippen LogP contribution >= 0.6 is 34.9 Å². The molecule has 1 unspecified atom stereocenters. The van der Waals surface area contributed by atoms with Gasteiger partial charge in [-0.2, -0.15) is 0 Å². The molecule has 4 heterocycles. The largest absolute Gasteiger partial charge is 0.477 e. The maximum atomic E-state index is 13.0. The van der Waals surface area contributed by atoms with Crippen LogP contribution in [0.25, 0.3) is 0 Å². The molecule has 2 aliphatic rings. The third-order valence-electron chi connectivity index (χ3n) is 5.30. The number of nitrogen functional groups attached to an aromatic ring is 3. The molecule has 1 atom stereocenters. The zero-order valence-electron chi connectivity index (χ0n) is 19.8. The molecule has 0 bridgehead atoms. The van der Waals surface area contributed by atoms with E-state index in [1.54, 1.807) is 5.38 Å². The standard InChI is InChI=1S/C21H23N9O5S3/c1-2-3-35-28-16(11-8-37-20(24)26-11)18(32)25-9-29-13(23)4-12(22)27-21(29)38-7-10-6-36-15-5-14(31)30(15)17(10)19(33)34/h2,4,8,15H,1,3,5-7,9H2,(H7,22,23,24,25,26,32,33,34)/p+1/b28-16-. The number of carbonyl (C=O) groups is 3. The van der Waals surface area contributed by atoms with Crippen molar-refractivity contribution in [1.29, 1.82) is 0 Å². The van der Waals surface area contributed by atoms with Crippen molar-refractivity contribution in [3.05, 3.63) is 41.1 Å². The predicted molar refractivity (Wildman–Crippen MR) is 144 cm³/mol. The van der Waals surface area contributed by atoms with Crippen molar-refractivity contribution in [2.75, 3.05) is 35.3 Å². The minimum absolute atomic E-state index is 0.00265. The van der Waals surface area contributed by atoms with Gasteiger partial charge in [0.2, 0.25) is 17.5 Å². The van der Waals surface area contributed by atoms with Crippen LogP contribution in [0.2, 0.25) is 0 Å². The maximum absolute atomic E-state index is 13.0. The Morgan fingerprint density at radius 1 is 1.39 bits per heavy atom. The number of fused-ring (bicyclic) bond motifs is 1. The number of thioether (sulfide) groups is 2. The average Bonchev–Trinajstić information content (AvgIpc) is 3.29. The average molecular weight is 579 g/mol. The molecule has 200 valence electrons. The Hall–Kier alpha value is -3.83. The Labute approximate surface area is 229 Å². The SMILES string of the molecule is C=CCO/N=C(\C(=O)NC[n+]1c(N)cc(N)nc1SCC1=C(C(=O)O)N2C(=O)CC2SC1)c1csc(N)n1. The molecule has 14 nitrogen and oxygen atoms in total. The second kappa shape index (κ2) is 11.7. The van der Waals surface area contributed by atoms with E-state index in [1.165, 1.54) is 45.1 Å². The van der Waals surface area contributed by atoms with Gasteiger partial charge in [0.1, 0.15) is 24.7 Å². The number of nitrogens with zero attached hydrogens (tertiary/aromatic N) is 5. The number of aromatic nitrogens is 3. The van der Waals surface area contributed by atoms with Gasteiger partial charge >= 0.3 is 11.1 Å². The van der Waals surface area contributed by atoms with E-state index in [0.29, 0.717) is 22.9 Å². The van der Waals surface area contributed by atoms with Gasteiger partial charge in [0.05, 0.1) is 17.9 Å². The van der Waals surface area contributed by atoms with E-state index < -0.39 is 11.9 Å². The van der Waals surface area contributed by atoms with Crippen molar-refractivity contribution in [3.8, 4) is 0 Å². The lowest BCUT2D eigenvalue weighted by atomic mass is 10.1. The molecular weight excluding hydrogens is 554 g/mol. The zero-order valence-corrected chi connectivity index (χ0v) is 22.3. The van der Waals surface area contributed by atoms with E-state index in [1.807, 2.05) is 0 Å². The van der Waals surface area contributed by atoms with E-state index in [4.69, 9.17) is 22.0 Å². The lowest BCUT2D eigenvalue weighted by Crippen LogP contribution is -2.54. The highest BCUT2D eigenvalue weighted by Crippen LogP contribution is 2.41.